The summed E-state index contributed by atoms with van der Waals surface area (Å²) in [5.74, 6) is 0.279. The van der Waals surface area contributed by atoms with Gasteiger partial charge in [-0.1, -0.05) is 107 Å². The third-order valence-electron chi connectivity index (χ3n) is 9.30. The van der Waals surface area contributed by atoms with Crippen LogP contribution in [0.25, 0.3) is 9.75 Å². The van der Waals surface area contributed by atoms with Gasteiger partial charge in [-0.3, -0.25) is 9.59 Å². The van der Waals surface area contributed by atoms with Crippen LogP contribution in [0.2, 0.25) is 0 Å². The average Bonchev–Trinajstić information content (AvgIpc) is 3.51. The van der Waals surface area contributed by atoms with Gasteiger partial charge in [0.05, 0.1) is 29.0 Å². The van der Waals surface area contributed by atoms with Crippen molar-refractivity contribution in [2.75, 3.05) is 12.5 Å². The van der Waals surface area contributed by atoms with Crippen LogP contribution in [0.3, 0.4) is 0 Å². The zero-order valence-electron chi connectivity index (χ0n) is 28.9. The van der Waals surface area contributed by atoms with Crippen LogP contribution in [-0.2, 0) is 20.4 Å². The first-order valence-corrected chi connectivity index (χ1v) is 19.5. The number of rotatable bonds is 2. The molecule has 0 fully saturated rings. The van der Waals surface area contributed by atoms with Gasteiger partial charge in [0.2, 0.25) is 0 Å². The zero-order chi connectivity index (χ0) is 33.0. The lowest BCUT2D eigenvalue weighted by Gasteiger charge is -2.54. The molecule has 0 aromatic carbocycles. The Balaban J connectivity index is 2.12. The summed E-state index contributed by atoms with van der Waals surface area (Å²) in [5.41, 5.74) is 3.00. The summed E-state index contributed by atoms with van der Waals surface area (Å²) < 4.78 is 2.52. The van der Waals surface area contributed by atoms with Gasteiger partial charge >= 0.3 is 0 Å². The molecule has 236 valence electrons. The lowest BCUT2D eigenvalue weighted by Crippen LogP contribution is -2.52. The van der Waals surface area contributed by atoms with E-state index in [0.717, 1.165) is 22.3 Å². The van der Waals surface area contributed by atoms with Gasteiger partial charge in [-0.25, -0.2) is 0 Å². The first-order chi connectivity index (χ1) is 20.0. The molecule has 0 saturated carbocycles. The highest BCUT2D eigenvalue weighted by molar-refractivity contribution is 8.00. The van der Waals surface area contributed by atoms with E-state index in [4.69, 9.17) is 0 Å². The maximum atomic E-state index is 14.5. The second-order valence-electron chi connectivity index (χ2n) is 16.7. The monoisotopic (exact) mass is 664 g/mol. The summed E-state index contributed by atoms with van der Waals surface area (Å²) >= 11 is 7.28. The van der Waals surface area contributed by atoms with E-state index in [0.29, 0.717) is 0 Å². The Kier molecular flexibility index (Phi) is 8.02. The third kappa shape index (κ3) is 5.05. The highest BCUT2D eigenvalue weighted by Crippen LogP contribution is 2.66. The molecule has 2 spiro atoms. The molecule has 5 rings (SSSR count). The number of hydrogen-bond donors (Lipinski definition) is 0. The van der Waals surface area contributed by atoms with Crippen LogP contribution in [0.1, 0.15) is 94.2 Å². The Labute approximate surface area is 282 Å². The predicted molar refractivity (Wildman–Crippen MR) is 195 cm³/mol. The van der Waals surface area contributed by atoms with Crippen molar-refractivity contribution >= 4 is 57.8 Å². The van der Waals surface area contributed by atoms with Crippen molar-refractivity contribution in [3.63, 3.8) is 0 Å². The molecular weight excluding hydrogens is 617 g/mol. The summed E-state index contributed by atoms with van der Waals surface area (Å²) in [5, 5.41) is 0. The molecule has 3 aliphatic rings. The largest absolute Gasteiger partial charge is 0.289 e. The van der Waals surface area contributed by atoms with Crippen molar-refractivity contribution < 1.29 is 9.59 Å². The molecule has 2 aromatic rings. The SMILES string of the molecule is CSc1cc2c(s1)-c1sc(SC)cc1C1(C=C(C(C)(C)C)C(=O)C(C(C)(C)C)=C1)C21C=C(C(C)(C)C)C(=O)C(C(C)(C)C)=C1. The average molecular weight is 665 g/mol. The summed E-state index contributed by atoms with van der Waals surface area (Å²) in [7, 11) is 0. The lowest BCUT2D eigenvalue weighted by atomic mass is 9.47. The number of thioether (sulfide) groups is 2. The maximum absolute atomic E-state index is 14.5. The molecule has 0 atom stereocenters. The van der Waals surface area contributed by atoms with E-state index >= 15 is 0 Å². The van der Waals surface area contributed by atoms with Crippen molar-refractivity contribution in [1.29, 1.82) is 0 Å². The van der Waals surface area contributed by atoms with Crippen LogP contribution in [0, 0.1) is 21.7 Å². The lowest BCUT2D eigenvalue weighted by molar-refractivity contribution is -0.115. The van der Waals surface area contributed by atoms with E-state index in [1.807, 2.05) is 22.7 Å². The topological polar surface area (TPSA) is 34.1 Å². The number of thiophene rings is 2. The van der Waals surface area contributed by atoms with Crippen LogP contribution in [0.4, 0.5) is 0 Å². The van der Waals surface area contributed by atoms with Crippen molar-refractivity contribution in [2.45, 2.75) is 102 Å². The standard InChI is InChI=1S/C38H48O2S4/c1-33(2,3)23-17-37(18-24(29(23)39)34(4,5)6)21-15-27(41-13)43-31(21)32-22(16-28(42-14)44-32)38(37)19-25(35(7,8)9)30(40)26(20-38)36(10,11)12/h15-20H,1-14H3. The fourth-order valence-electron chi connectivity index (χ4n) is 6.90. The quantitative estimate of drug-likeness (QED) is 0.299. The third-order valence-corrected chi connectivity index (χ3v) is 13.9. The first kappa shape index (κ1) is 33.8. The minimum atomic E-state index is -0.705. The Hall–Kier alpha value is -1.60. The van der Waals surface area contributed by atoms with E-state index in [1.54, 1.807) is 23.5 Å². The molecule has 2 nitrogen and oxygen atoms in total. The minimum absolute atomic E-state index is 0.139. The Morgan fingerprint density at radius 1 is 0.500 bits per heavy atom. The number of allylic oxidation sites excluding steroid dienone is 8. The molecule has 3 aliphatic carbocycles. The number of carbonyl (C=O) groups excluding carboxylic acids is 2. The van der Waals surface area contributed by atoms with Gasteiger partial charge < -0.3 is 0 Å². The Bertz CT molecular complexity index is 1490. The smallest absolute Gasteiger partial charge is 0.185 e. The summed E-state index contributed by atoms with van der Waals surface area (Å²) in [6, 6.07) is 4.76. The zero-order valence-corrected chi connectivity index (χ0v) is 32.2. The van der Waals surface area contributed by atoms with Crippen molar-refractivity contribution in [3.8, 4) is 9.75 Å². The van der Waals surface area contributed by atoms with Gasteiger partial charge in [-0.2, -0.15) is 0 Å². The molecule has 2 heterocycles. The molecule has 2 aromatic heterocycles. The molecule has 0 bridgehead atoms. The molecule has 0 N–H and O–H groups in total. The van der Waals surface area contributed by atoms with E-state index < -0.39 is 10.8 Å². The number of carbonyl (C=O) groups is 2. The molecular formula is C38H48O2S4. The second kappa shape index (κ2) is 10.5. The van der Waals surface area contributed by atoms with Crippen molar-refractivity contribution in [1.82, 2.24) is 0 Å². The van der Waals surface area contributed by atoms with Crippen LogP contribution in [0.5, 0.6) is 0 Å². The first-order valence-electron chi connectivity index (χ1n) is 15.4. The van der Waals surface area contributed by atoms with Crippen LogP contribution < -0.4 is 0 Å². The van der Waals surface area contributed by atoms with Crippen LogP contribution in [-0.4, -0.2) is 24.1 Å². The van der Waals surface area contributed by atoms with Gasteiger partial charge in [-0.15, -0.1) is 46.2 Å². The van der Waals surface area contributed by atoms with Crippen molar-refractivity contribution in [3.05, 3.63) is 69.9 Å². The van der Waals surface area contributed by atoms with E-state index in [2.05, 4.69) is 132 Å². The fraction of sp³-hybridized carbons (Fsp3) is 0.526. The van der Waals surface area contributed by atoms with E-state index in [-0.39, 0.29) is 33.2 Å². The Morgan fingerprint density at radius 2 is 0.750 bits per heavy atom. The molecule has 0 amide bonds. The highest BCUT2D eigenvalue weighted by Gasteiger charge is 2.60. The van der Waals surface area contributed by atoms with Gasteiger partial charge in [-0.05, 0) is 57.4 Å². The molecule has 6 heteroatoms. The number of ketones is 2. The van der Waals surface area contributed by atoms with Gasteiger partial charge in [0, 0.05) is 22.3 Å². The van der Waals surface area contributed by atoms with Crippen LogP contribution in [0.15, 0.2) is 67.1 Å². The summed E-state index contributed by atoms with van der Waals surface area (Å²) in [6.07, 6.45) is 13.6. The van der Waals surface area contributed by atoms with Crippen molar-refractivity contribution in [2.24, 2.45) is 21.7 Å². The summed E-state index contributed by atoms with van der Waals surface area (Å²) in [4.78, 5) is 31.5. The molecule has 0 radical (unpaired) electrons. The molecule has 0 saturated heterocycles. The fourth-order valence-corrected chi connectivity index (χ4v) is 10.6. The molecule has 0 unspecified atom stereocenters. The van der Waals surface area contributed by atoms with Gasteiger partial charge in [0.15, 0.2) is 11.6 Å². The summed E-state index contributed by atoms with van der Waals surface area (Å²) in [6.45, 7) is 25.9. The minimum Gasteiger partial charge on any atom is -0.289 e. The second-order valence-corrected chi connectivity index (χ2v) is 21.0. The van der Waals surface area contributed by atoms with E-state index in [1.165, 1.54) is 29.3 Å². The van der Waals surface area contributed by atoms with Crippen LogP contribution >= 0.6 is 46.2 Å². The number of hydrogen-bond acceptors (Lipinski definition) is 6. The molecule has 44 heavy (non-hydrogen) atoms. The predicted octanol–water partition coefficient (Wildman–Crippen LogP) is 11.5. The van der Waals surface area contributed by atoms with E-state index in [9.17, 15) is 9.59 Å². The number of fused-ring (bicyclic) bond motifs is 6. The highest BCUT2D eigenvalue weighted by atomic mass is 32.2. The van der Waals surface area contributed by atoms with Gasteiger partial charge in [0.25, 0.3) is 0 Å². The van der Waals surface area contributed by atoms with Gasteiger partial charge in [0.1, 0.15) is 0 Å². The maximum Gasteiger partial charge on any atom is 0.185 e. The Morgan fingerprint density at radius 3 is 0.955 bits per heavy atom. The number of Topliss-reactive ketones (excluding diaryl/α,β-unsaturated/α-hetero) is 2. The molecule has 0 aliphatic heterocycles. The normalized spacial score (nSPS) is 19.9.